The molecule has 0 aliphatic heterocycles. The molecule has 0 saturated carbocycles. The fourth-order valence-electron chi connectivity index (χ4n) is 3.24. The Bertz CT molecular complexity index is 1010. The Morgan fingerprint density at radius 3 is 2.46 bits per heavy atom. The molecule has 0 aliphatic carbocycles. The van der Waals surface area contributed by atoms with Gasteiger partial charge in [-0.15, -0.1) is 0 Å². The van der Waals surface area contributed by atoms with Crippen molar-refractivity contribution in [2.45, 2.75) is 47.1 Å². The largest absolute Gasteiger partial charge is 0.349 e. The van der Waals surface area contributed by atoms with E-state index < -0.39 is 0 Å². The highest BCUT2D eigenvalue weighted by Crippen LogP contribution is 2.20. The van der Waals surface area contributed by atoms with Gasteiger partial charge >= 0.3 is 0 Å². The number of halogens is 1. The summed E-state index contributed by atoms with van der Waals surface area (Å²) >= 11 is 3.47. The molecule has 2 aromatic heterocycles. The van der Waals surface area contributed by atoms with Crippen molar-refractivity contribution in [3.05, 3.63) is 68.7 Å². The van der Waals surface area contributed by atoms with Crippen molar-refractivity contribution >= 4 is 21.8 Å². The van der Waals surface area contributed by atoms with Crippen molar-refractivity contribution in [3.8, 4) is 5.95 Å². The van der Waals surface area contributed by atoms with Crippen LogP contribution < -0.4 is 5.32 Å². The number of aryl methyl sites for hydroxylation is 3. The number of aromatic nitrogens is 4. The van der Waals surface area contributed by atoms with E-state index in [1.165, 1.54) is 0 Å². The van der Waals surface area contributed by atoms with Gasteiger partial charge in [-0.05, 0) is 58.4 Å². The summed E-state index contributed by atoms with van der Waals surface area (Å²) in [5, 5.41) is 7.64. The van der Waals surface area contributed by atoms with E-state index >= 15 is 0 Å². The van der Waals surface area contributed by atoms with Crippen molar-refractivity contribution in [1.29, 1.82) is 0 Å². The molecule has 1 amide bonds. The molecular formula is C21H24BrN5O. The summed E-state index contributed by atoms with van der Waals surface area (Å²) in [5.41, 5.74) is 5.42. The van der Waals surface area contributed by atoms with E-state index in [1.54, 1.807) is 4.68 Å². The van der Waals surface area contributed by atoms with Crippen molar-refractivity contribution in [2.75, 3.05) is 0 Å². The lowest BCUT2D eigenvalue weighted by Crippen LogP contribution is -2.28. The molecule has 1 aromatic carbocycles. The van der Waals surface area contributed by atoms with Crippen LogP contribution in [0.1, 0.15) is 46.9 Å². The molecule has 0 radical (unpaired) electrons. The van der Waals surface area contributed by atoms with Crippen LogP contribution >= 0.6 is 15.9 Å². The number of nitrogens with one attached hydrogen (secondary N) is 1. The smallest absolute Gasteiger partial charge is 0.251 e. The van der Waals surface area contributed by atoms with E-state index in [0.29, 0.717) is 5.95 Å². The molecule has 3 rings (SSSR count). The highest BCUT2D eigenvalue weighted by atomic mass is 79.9. The van der Waals surface area contributed by atoms with Crippen molar-refractivity contribution in [3.63, 3.8) is 0 Å². The van der Waals surface area contributed by atoms with E-state index in [9.17, 15) is 4.79 Å². The molecule has 0 bridgehead atoms. The van der Waals surface area contributed by atoms with Crippen LogP contribution in [0.15, 0.2) is 34.8 Å². The maximum absolute atomic E-state index is 12.6. The minimum atomic E-state index is -0.0802. The monoisotopic (exact) mass is 441 g/mol. The van der Waals surface area contributed by atoms with Crippen molar-refractivity contribution in [2.24, 2.45) is 0 Å². The first-order valence-corrected chi connectivity index (χ1v) is 9.96. The zero-order valence-corrected chi connectivity index (χ0v) is 18.3. The van der Waals surface area contributed by atoms with Crippen LogP contribution in [-0.4, -0.2) is 25.7 Å². The third-order valence-corrected chi connectivity index (χ3v) is 5.16. The predicted molar refractivity (Wildman–Crippen MR) is 113 cm³/mol. The molecule has 0 spiro atoms. The lowest BCUT2D eigenvalue weighted by atomic mass is 10.1. The standard InChI is InChI=1S/C21H24BrN5O/c1-12-9-13(2)24-21(23-12)27-16(5)19(15(4)26-27)11-20(28)25-14(3)17-7-6-8-18(22)10-17/h6-10,14H,11H2,1-5H3,(H,25,28). The fourth-order valence-corrected chi connectivity index (χ4v) is 3.66. The summed E-state index contributed by atoms with van der Waals surface area (Å²) in [4.78, 5) is 21.6. The van der Waals surface area contributed by atoms with Gasteiger partial charge < -0.3 is 5.32 Å². The number of rotatable bonds is 5. The number of carbonyl (C=O) groups excluding carboxylic acids is 1. The Morgan fingerprint density at radius 2 is 1.82 bits per heavy atom. The summed E-state index contributed by atoms with van der Waals surface area (Å²) in [7, 11) is 0. The van der Waals surface area contributed by atoms with Gasteiger partial charge in [-0.3, -0.25) is 4.79 Å². The average molecular weight is 442 g/mol. The lowest BCUT2D eigenvalue weighted by molar-refractivity contribution is -0.121. The normalized spacial score (nSPS) is 12.1. The Kier molecular flexibility index (Phi) is 5.93. The molecule has 1 N–H and O–H groups in total. The third-order valence-electron chi connectivity index (χ3n) is 4.66. The van der Waals surface area contributed by atoms with Gasteiger partial charge in [-0.1, -0.05) is 28.1 Å². The van der Waals surface area contributed by atoms with Gasteiger partial charge in [0.1, 0.15) is 0 Å². The van der Waals surface area contributed by atoms with Gasteiger partial charge in [0.2, 0.25) is 5.91 Å². The van der Waals surface area contributed by atoms with Crippen LogP contribution in [-0.2, 0) is 11.2 Å². The lowest BCUT2D eigenvalue weighted by Gasteiger charge is -2.15. The molecule has 0 fully saturated rings. The Morgan fingerprint density at radius 1 is 1.14 bits per heavy atom. The highest BCUT2D eigenvalue weighted by Gasteiger charge is 2.19. The minimum absolute atomic E-state index is 0.0421. The third kappa shape index (κ3) is 4.47. The molecule has 0 saturated heterocycles. The average Bonchev–Trinajstić information content (AvgIpc) is 2.89. The number of amides is 1. The molecular weight excluding hydrogens is 418 g/mol. The zero-order chi connectivity index (χ0) is 20.4. The molecule has 3 aromatic rings. The van der Waals surface area contributed by atoms with E-state index in [4.69, 9.17) is 0 Å². The summed E-state index contributed by atoms with van der Waals surface area (Å²) in [6.45, 7) is 9.70. The van der Waals surface area contributed by atoms with Gasteiger partial charge in [0, 0.05) is 27.1 Å². The second-order valence-electron chi connectivity index (χ2n) is 7.03. The summed E-state index contributed by atoms with van der Waals surface area (Å²) in [5.74, 6) is 0.492. The van der Waals surface area contributed by atoms with Gasteiger partial charge in [-0.25, -0.2) is 14.6 Å². The van der Waals surface area contributed by atoms with E-state index in [2.05, 4.69) is 36.3 Å². The molecule has 28 heavy (non-hydrogen) atoms. The molecule has 1 atom stereocenters. The SMILES string of the molecule is Cc1cc(C)nc(-n2nc(C)c(CC(=O)NC(C)c3cccc(Br)c3)c2C)n1. The van der Waals surface area contributed by atoms with Crippen LogP contribution in [0.4, 0.5) is 0 Å². The van der Waals surface area contributed by atoms with Gasteiger partial charge in [0.05, 0.1) is 18.2 Å². The maximum atomic E-state index is 12.6. The molecule has 1 unspecified atom stereocenters. The van der Waals surface area contributed by atoms with E-state index in [1.807, 2.05) is 65.0 Å². The van der Waals surface area contributed by atoms with Crippen molar-refractivity contribution < 1.29 is 4.79 Å². The summed E-state index contributed by atoms with van der Waals surface area (Å²) in [6, 6.07) is 9.78. The summed E-state index contributed by atoms with van der Waals surface area (Å²) in [6.07, 6.45) is 0.265. The zero-order valence-electron chi connectivity index (χ0n) is 16.7. The molecule has 146 valence electrons. The molecule has 7 heteroatoms. The van der Waals surface area contributed by atoms with Gasteiger partial charge in [0.15, 0.2) is 0 Å². The topological polar surface area (TPSA) is 72.7 Å². The van der Waals surface area contributed by atoms with Gasteiger partial charge in [-0.2, -0.15) is 5.10 Å². The highest BCUT2D eigenvalue weighted by molar-refractivity contribution is 9.10. The first kappa shape index (κ1) is 20.2. The van der Waals surface area contributed by atoms with Crippen LogP contribution in [0.3, 0.4) is 0 Å². The minimum Gasteiger partial charge on any atom is -0.349 e. The number of nitrogens with zero attached hydrogens (tertiary/aromatic N) is 4. The van der Waals surface area contributed by atoms with Crippen LogP contribution in [0.5, 0.6) is 0 Å². The van der Waals surface area contributed by atoms with Crippen LogP contribution in [0.25, 0.3) is 5.95 Å². The van der Waals surface area contributed by atoms with Crippen molar-refractivity contribution in [1.82, 2.24) is 25.1 Å². The first-order valence-electron chi connectivity index (χ1n) is 9.17. The number of hydrogen-bond acceptors (Lipinski definition) is 4. The Hall–Kier alpha value is -2.54. The quantitative estimate of drug-likeness (QED) is 0.647. The van der Waals surface area contributed by atoms with Crippen LogP contribution in [0, 0.1) is 27.7 Å². The number of carbonyl (C=O) groups is 1. The van der Waals surface area contributed by atoms with Crippen LogP contribution in [0.2, 0.25) is 0 Å². The first-order chi connectivity index (χ1) is 13.2. The summed E-state index contributed by atoms with van der Waals surface area (Å²) < 4.78 is 2.71. The van der Waals surface area contributed by atoms with E-state index in [0.717, 1.165) is 38.4 Å². The van der Waals surface area contributed by atoms with E-state index in [-0.39, 0.29) is 18.4 Å². The number of benzene rings is 1. The second kappa shape index (κ2) is 8.22. The second-order valence-corrected chi connectivity index (χ2v) is 7.95. The Balaban J connectivity index is 1.79. The van der Waals surface area contributed by atoms with Gasteiger partial charge in [0.25, 0.3) is 5.95 Å². The molecule has 6 nitrogen and oxygen atoms in total. The Labute approximate surface area is 173 Å². The predicted octanol–water partition coefficient (Wildman–Crippen LogP) is 4.08. The fraction of sp³-hybridized carbons (Fsp3) is 0.333. The molecule has 0 aliphatic rings. The number of hydrogen-bond donors (Lipinski definition) is 1. The molecule has 2 heterocycles. The maximum Gasteiger partial charge on any atom is 0.251 e.